The monoisotopic (exact) mass is 354 g/mol. The van der Waals surface area contributed by atoms with Crippen LogP contribution in [0.5, 0.6) is 0 Å². The molecule has 0 bridgehead atoms. The van der Waals surface area contributed by atoms with E-state index in [0.717, 1.165) is 51.4 Å². The van der Waals surface area contributed by atoms with Gasteiger partial charge < -0.3 is 15.3 Å². The van der Waals surface area contributed by atoms with E-state index in [1.165, 1.54) is 0 Å². The first-order valence-corrected chi connectivity index (χ1v) is 9.74. The quantitative estimate of drug-likeness (QED) is 0.348. The summed E-state index contributed by atoms with van der Waals surface area (Å²) in [6.45, 7) is 2.12. The van der Waals surface area contributed by atoms with E-state index >= 15 is 0 Å². The zero-order chi connectivity index (χ0) is 18.7. The SMILES string of the molecule is CCCCCC(O)/C=C/[C@H]1[C@H](O)CC(=O)[C@@H]1CCCCCCC(=O)O. The Hall–Kier alpha value is -1.20. The minimum Gasteiger partial charge on any atom is -0.481 e. The third kappa shape index (κ3) is 8.63. The maximum Gasteiger partial charge on any atom is 0.303 e. The van der Waals surface area contributed by atoms with Crippen molar-refractivity contribution in [3.63, 3.8) is 0 Å². The van der Waals surface area contributed by atoms with Crippen molar-refractivity contribution in [1.82, 2.24) is 0 Å². The second-order valence-electron chi connectivity index (χ2n) is 7.22. The van der Waals surface area contributed by atoms with Gasteiger partial charge in [-0.15, -0.1) is 0 Å². The van der Waals surface area contributed by atoms with Gasteiger partial charge in [-0.25, -0.2) is 0 Å². The molecule has 0 aromatic heterocycles. The molecule has 0 radical (unpaired) electrons. The Balaban J connectivity index is 2.39. The summed E-state index contributed by atoms with van der Waals surface area (Å²) in [6.07, 6.45) is 10.7. The summed E-state index contributed by atoms with van der Waals surface area (Å²) in [5.41, 5.74) is 0. The van der Waals surface area contributed by atoms with Crippen LogP contribution in [0.15, 0.2) is 12.2 Å². The average molecular weight is 354 g/mol. The lowest BCUT2D eigenvalue weighted by molar-refractivity contribution is -0.137. The zero-order valence-corrected chi connectivity index (χ0v) is 15.4. The number of carboxylic acids is 1. The van der Waals surface area contributed by atoms with Crippen LogP contribution in [0.2, 0.25) is 0 Å². The molecule has 4 atom stereocenters. The summed E-state index contributed by atoms with van der Waals surface area (Å²) in [4.78, 5) is 22.6. The fraction of sp³-hybridized carbons (Fsp3) is 0.800. The van der Waals surface area contributed by atoms with E-state index < -0.39 is 18.2 Å². The Bertz CT molecular complexity index is 432. The van der Waals surface area contributed by atoms with E-state index in [2.05, 4.69) is 6.92 Å². The maximum absolute atomic E-state index is 12.1. The van der Waals surface area contributed by atoms with Crippen molar-refractivity contribution >= 4 is 11.8 Å². The Morgan fingerprint density at radius 2 is 1.92 bits per heavy atom. The highest BCUT2D eigenvalue weighted by molar-refractivity contribution is 5.84. The van der Waals surface area contributed by atoms with Crippen molar-refractivity contribution in [2.24, 2.45) is 11.8 Å². The second-order valence-corrected chi connectivity index (χ2v) is 7.22. The normalized spacial score (nSPS) is 24.9. The molecule has 1 rings (SSSR count). The molecule has 3 N–H and O–H groups in total. The Kier molecular flexibility index (Phi) is 10.7. The third-order valence-electron chi connectivity index (χ3n) is 5.05. The van der Waals surface area contributed by atoms with E-state index in [1.54, 1.807) is 6.08 Å². The predicted molar refractivity (Wildman–Crippen MR) is 97.2 cm³/mol. The summed E-state index contributed by atoms with van der Waals surface area (Å²) in [5, 5.41) is 28.7. The summed E-state index contributed by atoms with van der Waals surface area (Å²) in [5.74, 6) is -1.04. The maximum atomic E-state index is 12.1. The zero-order valence-electron chi connectivity index (χ0n) is 15.4. The minimum atomic E-state index is -0.767. The highest BCUT2D eigenvalue weighted by Gasteiger charge is 2.39. The molecule has 1 aliphatic carbocycles. The first-order valence-electron chi connectivity index (χ1n) is 9.74. The van der Waals surface area contributed by atoms with Crippen LogP contribution in [0.1, 0.15) is 77.6 Å². The summed E-state index contributed by atoms with van der Waals surface area (Å²) in [6, 6.07) is 0. The van der Waals surface area contributed by atoms with Crippen molar-refractivity contribution in [1.29, 1.82) is 0 Å². The van der Waals surface area contributed by atoms with Crippen molar-refractivity contribution in [3.05, 3.63) is 12.2 Å². The van der Waals surface area contributed by atoms with Crippen molar-refractivity contribution < 1.29 is 24.9 Å². The number of aliphatic hydroxyl groups excluding tert-OH is 2. The van der Waals surface area contributed by atoms with Gasteiger partial charge in [-0.05, 0) is 19.3 Å². The number of carboxylic acid groups (broad SMARTS) is 1. The molecule has 0 spiro atoms. The van der Waals surface area contributed by atoms with Gasteiger partial charge in [-0.1, -0.05) is 57.6 Å². The smallest absolute Gasteiger partial charge is 0.303 e. The number of carbonyl (C=O) groups excluding carboxylic acids is 1. The van der Waals surface area contributed by atoms with Gasteiger partial charge in [0.25, 0.3) is 0 Å². The number of aliphatic hydroxyl groups is 2. The van der Waals surface area contributed by atoms with E-state index in [0.29, 0.717) is 6.42 Å². The highest BCUT2D eigenvalue weighted by Crippen LogP contribution is 2.34. The molecule has 0 heterocycles. The Morgan fingerprint density at radius 1 is 1.20 bits per heavy atom. The molecule has 0 aliphatic heterocycles. The number of rotatable bonds is 13. The summed E-state index contributed by atoms with van der Waals surface area (Å²) in [7, 11) is 0. The molecule has 25 heavy (non-hydrogen) atoms. The second kappa shape index (κ2) is 12.2. The van der Waals surface area contributed by atoms with Crippen LogP contribution in [-0.2, 0) is 9.59 Å². The van der Waals surface area contributed by atoms with Crippen LogP contribution in [0.25, 0.3) is 0 Å². The summed E-state index contributed by atoms with van der Waals surface area (Å²) < 4.78 is 0. The molecule has 1 unspecified atom stereocenters. The molecule has 5 nitrogen and oxygen atoms in total. The lowest BCUT2D eigenvalue weighted by Gasteiger charge is -2.18. The van der Waals surface area contributed by atoms with Crippen molar-refractivity contribution in [2.45, 2.75) is 89.8 Å². The van der Waals surface area contributed by atoms with E-state index in [4.69, 9.17) is 5.11 Å². The number of aliphatic carboxylic acids is 1. The fourth-order valence-electron chi connectivity index (χ4n) is 3.54. The fourth-order valence-corrected chi connectivity index (χ4v) is 3.54. The van der Waals surface area contributed by atoms with Gasteiger partial charge in [-0.2, -0.15) is 0 Å². The largest absolute Gasteiger partial charge is 0.481 e. The number of hydrogen-bond donors (Lipinski definition) is 3. The number of hydrogen-bond acceptors (Lipinski definition) is 4. The first kappa shape index (κ1) is 21.8. The van der Waals surface area contributed by atoms with Crippen LogP contribution in [0, 0.1) is 11.8 Å². The highest BCUT2D eigenvalue weighted by atomic mass is 16.4. The lowest BCUT2D eigenvalue weighted by atomic mass is 9.88. The molecule has 144 valence electrons. The molecule has 1 aliphatic rings. The van der Waals surface area contributed by atoms with Gasteiger partial charge in [0.05, 0.1) is 12.2 Å². The van der Waals surface area contributed by atoms with Gasteiger partial charge in [0, 0.05) is 24.7 Å². The van der Waals surface area contributed by atoms with E-state index in [-0.39, 0.29) is 30.5 Å². The van der Waals surface area contributed by atoms with Gasteiger partial charge in [0.1, 0.15) is 5.78 Å². The van der Waals surface area contributed by atoms with Crippen LogP contribution >= 0.6 is 0 Å². The van der Waals surface area contributed by atoms with Gasteiger partial charge in [-0.3, -0.25) is 9.59 Å². The van der Waals surface area contributed by atoms with Crippen molar-refractivity contribution in [3.8, 4) is 0 Å². The molecule has 0 aromatic carbocycles. The summed E-state index contributed by atoms with van der Waals surface area (Å²) >= 11 is 0. The number of Topliss-reactive ketones (excluding diaryl/α,β-unsaturated/α-hetero) is 1. The first-order chi connectivity index (χ1) is 12.0. The molecular weight excluding hydrogens is 320 g/mol. The van der Waals surface area contributed by atoms with E-state index in [1.807, 2.05) is 6.08 Å². The number of ketones is 1. The van der Waals surface area contributed by atoms with Crippen LogP contribution < -0.4 is 0 Å². The standard InChI is InChI=1S/C20H34O5/c1-2-3-6-9-15(21)12-13-17-16(18(22)14-19(17)23)10-7-4-5-8-11-20(24)25/h12-13,15-17,19,21,23H,2-11,14H2,1H3,(H,24,25)/b13-12+/t15?,16-,17-,19-/m1/s1. The average Bonchev–Trinajstić information content (AvgIpc) is 2.82. The Morgan fingerprint density at radius 3 is 2.60 bits per heavy atom. The molecule has 0 amide bonds. The topological polar surface area (TPSA) is 94.8 Å². The molecule has 1 fully saturated rings. The molecule has 0 saturated heterocycles. The molecular formula is C20H34O5. The van der Waals surface area contributed by atoms with Crippen LogP contribution in [0.3, 0.4) is 0 Å². The predicted octanol–water partition coefficient (Wildman–Crippen LogP) is 3.48. The van der Waals surface area contributed by atoms with E-state index in [9.17, 15) is 19.8 Å². The van der Waals surface area contributed by atoms with Gasteiger partial charge in [0.2, 0.25) is 0 Å². The minimum absolute atomic E-state index is 0.105. The van der Waals surface area contributed by atoms with Gasteiger partial charge >= 0.3 is 5.97 Å². The molecule has 0 aromatic rings. The Labute approximate surface area is 151 Å². The number of unbranched alkanes of at least 4 members (excludes halogenated alkanes) is 5. The third-order valence-corrected chi connectivity index (χ3v) is 5.05. The van der Waals surface area contributed by atoms with Crippen LogP contribution in [0.4, 0.5) is 0 Å². The van der Waals surface area contributed by atoms with Crippen molar-refractivity contribution in [2.75, 3.05) is 0 Å². The lowest BCUT2D eigenvalue weighted by Crippen LogP contribution is -2.19. The van der Waals surface area contributed by atoms with Crippen LogP contribution in [-0.4, -0.2) is 39.3 Å². The van der Waals surface area contributed by atoms with Gasteiger partial charge in [0.15, 0.2) is 0 Å². The number of carbonyl (C=O) groups is 2. The molecule has 1 saturated carbocycles. The molecule has 5 heteroatoms.